The number of carbonyl (C=O) groups is 1. The lowest BCUT2D eigenvalue weighted by atomic mass is 10.0. The summed E-state index contributed by atoms with van der Waals surface area (Å²) < 4.78 is 3.19. The Morgan fingerprint density at radius 1 is 1.19 bits per heavy atom. The van der Waals surface area contributed by atoms with Crippen LogP contribution >= 0.6 is 11.3 Å². The Balaban J connectivity index is 1.75. The molecule has 132 valence electrons. The molecule has 1 amide bonds. The lowest BCUT2D eigenvalue weighted by Crippen LogP contribution is -2.23. The molecule has 0 aliphatic carbocycles. The van der Waals surface area contributed by atoms with Gasteiger partial charge in [-0.15, -0.1) is 0 Å². The summed E-state index contributed by atoms with van der Waals surface area (Å²) in [6.07, 6.45) is 3.02. The summed E-state index contributed by atoms with van der Waals surface area (Å²) in [7, 11) is 0. The van der Waals surface area contributed by atoms with Gasteiger partial charge in [0.05, 0.1) is 15.9 Å². The summed E-state index contributed by atoms with van der Waals surface area (Å²) >= 11 is 1.61. The largest absolute Gasteiger partial charge is 0.352 e. The molecule has 2 aromatic carbocycles. The molecule has 4 aromatic rings. The highest BCUT2D eigenvalue weighted by atomic mass is 32.1. The third-order valence-corrected chi connectivity index (χ3v) is 5.57. The topological polar surface area (TPSA) is 46.4 Å². The number of hydrogen-bond donors (Lipinski definition) is 1. The van der Waals surface area contributed by atoms with Crippen LogP contribution in [0.1, 0.15) is 34.8 Å². The second kappa shape index (κ2) is 6.57. The Morgan fingerprint density at radius 2 is 2.04 bits per heavy atom. The number of aromatic nitrogens is 2. The fraction of sp³-hybridized carbons (Fsp3) is 0.238. The molecule has 2 heterocycles. The van der Waals surface area contributed by atoms with E-state index in [1.165, 1.54) is 11.1 Å². The zero-order valence-corrected chi connectivity index (χ0v) is 16.0. The van der Waals surface area contributed by atoms with E-state index in [0.29, 0.717) is 12.1 Å². The van der Waals surface area contributed by atoms with Crippen LogP contribution in [-0.4, -0.2) is 21.8 Å². The van der Waals surface area contributed by atoms with E-state index in [-0.39, 0.29) is 5.91 Å². The summed E-state index contributed by atoms with van der Waals surface area (Å²) in [5.41, 5.74) is 6.42. The molecule has 0 aliphatic heterocycles. The monoisotopic (exact) mass is 363 g/mol. The first-order valence-corrected chi connectivity index (χ1v) is 9.66. The number of aryl methyl sites for hydroxylation is 2. The lowest BCUT2D eigenvalue weighted by Gasteiger charge is -2.04. The SMILES string of the molecule is CCCNC(=O)c1ccc2c(c1)sc1nc(-c3ccc(C)cc3C)cn12. The van der Waals surface area contributed by atoms with Crippen molar-refractivity contribution in [3.8, 4) is 11.3 Å². The number of benzene rings is 2. The number of amides is 1. The van der Waals surface area contributed by atoms with Crippen molar-refractivity contribution in [1.29, 1.82) is 0 Å². The van der Waals surface area contributed by atoms with E-state index in [1.807, 2.05) is 25.1 Å². The second-order valence-corrected chi connectivity index (χ2v) is 7.65. The highest BCUT2D eigenvalue weighted by molar-refractivity contribution is 7.23. The maximum Gasteiger partial charge on any atom is 0.251 e. The molecule has 26 heavy (non-hydrogen) atoms. The van der Waals surface area contributed by atoms with Crippen molar-refractivity contribution in [3.05, 3.63) is 59.3 Å². The minimum absolute atomic E-state index is 0.0178. The third kappa shape index (κ3) is 2.88. The normalized spacial score (nSPS) is 11.3. The van der Waals surface area contributed by atoms with Gasteiger partial charge >= 0.3 is 0 Å². The van der Waals surface area contributed by atoms with Crippen LogP contribution in [0.25, 0.3) is 26.4 Å². The average Bonchev–Trinajstić information content (AvgIpc) is 3.16. The Hall–Kier alpha value is -2.66. The van der Waals surface area contributed by atoms with Crippen LogP contribution in [0.5, 0.6) is 0 Å². The predicted molar refractivity (Wildman–Crippen MR) is 108 cm³/mol. The van der Waals surface area contributed by atoms with E-state index < -0.39 is 0 Å². The van der Waals surface area contributed by atoms with Crippen LogP contribution in [0.4, 0.5) is 0 Å². The summed E-state index contributed by atoms with van der Waals surface area (Å²) in [5.74, 6) is -0.0178. The Morgan fingerprint density at radius 3 is 2.81 bits per heavy atom. The van der Waals surface area contributed by atoms with Gasteiger partial charge in [-0.2, -0.15) is 0 Å². The number of hydrogen-bond acceptors (Lipinski definition) is 3. The standard InChI is InChI=1S/C21H21N3OS/c1-4-9-22-20(25)15-6-8-18-19(11-15)26-21-23-17(12-24(18)21)16-7-5-13(2)10-14(16)3/h5-8,10-12H,4,9H2,1-3H3,(H,22,25). The molecule has 0 bridgehead atoms. The molecule has 0 unspecified atom stereocenters. The van der Waals surface area contributed by atoms with Gasteiger partial charge in [0.15, 0.2) is 4.96 Å². The zero-order chi connectivity index (χ0) is 18.3. The number of fused-ring (bicyclic) bond motifs is 3. The highest BCUT2D eigenvalue weighted by Gasteiger charge is 2.13. The number of imidazole rings is 1. The van der Waals surface area contributed by atoms with Crippen molar-refractivity contribution in [2.24, 2.45) is 0 Å². The van der Waals surface area contributed by atoms with Crippen LogP contribution < -0.4 is 5.32 Å². The molecule has 0 fully saturated rings. The summed E-state index contributed by atoms with van der Waals surface area (Å²) in [6, 6.07) is 12.3. The number of rotatable bonds is 4. The van der Waals surface area contributed by atoms with Gasteiger partial charge in [-0.3, -0.25) is 9.20 Å². The fourth-order valence-electron chi connectivity index (χ4n) is 3.21. The predicted octanol–water partition coefficient (Wildman–Crippen LogP) is 4.97. The maximum atomic E-state index is 12.2. The second-order valence-electron chi connectivity index (χ2n) is 6.64. The van der Waals surface area contributed by atoms with Gasteiger partial charge in [0.2, 0.25) is 0 Å². The van der Waals surface area contributed by atoms with Crippen molar-refractivity contribution < 1.29 is 4.79 Å². The Labute approximate surface area is 156 Å². The first-order valence-electron chi connectivity index (χ1n) is 8.84. The van der Waals surface area contributed by atoms with Gasteiger partial charge in [0.1, 0.15) is 0 Å². The highest BCUT2D eigenvalue weighted by Crippen LogP contribution is 2.31. The molecule has 0 saturated carbocycles. The average molecular weight is 363 g/mol. The molecule has 0 atom stereocenters. The third-order valence-electron chi connectivity index (χ3n) is 4.55. The first-order chi connectivity index (χ1) is 12.6. The molecule has 0 aliphatic rings. The van der Waals surface area contributed by atoms with E-state index in [9.17, 15) is 4.79 Å². The Kier molecular flexibility index (Phi) is 4.24. The quantitative estimate of drug-likeness (QED) is 0.556. The summed E-state index contributed by atoms with van der Waals surface area (Å²) in [5, 5.41) is 2.93. The molecule has 0 radical (unpaired) electrons. The van der Waals surface area contributed by atoms with Crippen molar-refractivity contribution in [2.45, 2.75) is 27.2 Å². The molecule has 0 spiro atoms. The molecule has 1 N–H and O–H groups in total. The van der Waals surface area contributed by atoms with Crippen molar-refractivity contribution in [1.82, 2.24) is 14.7 Å². The molecule has 5 heteroatoms. The number of thiazole rings is 1. The Bertz CT molecular complexity index is 1120. The molecule has 2 aromatic heterocycles. The van der Waals surface area contributed by atoms with Gasteiger partial charge < -0.3 is 5.32 Å². The lowest BCUT2D eigenvalue weighted by molar-refractivity contribution is 0.0954. The van der Waals surface area contributed by atoms with Crippen molar-refractivity contribution >= 4 is 32.4 Å². The fourth-order valence-corrected chi connectivity index (χ4v) is 4.26. The van der Waals surface area contributed by atoms with Gasteiger partial charge in [0.25, 0.3) is 5.91 Å². The van der Waals surface area contributed by atoms with Crippen molar-refractivity contribution in [2.75, 3.05) is 6.54 Å². The maximum absolute atomic E-state index is 12.2. The molecule has 4 nitrogen and oxygen atoms in total. The van der Waals surface area contributed by atoms with E-state index in [4.69, 9.17) is 4.98 Å². The smallest absolute Gasteiger partial charge is 0.251 e. The van der Waals surface area contributed by atoms with E-state index in [0.717, 1.165) is 32.9 Å². The molecular formula is C21H21N3OS. The van der Waals surface area contributed by atoms with Crippen LogP contribution in [-0.2, 0) is 0 Å². The van der Waals surface area contributed by atoms with Crippen LogP contribution in [0, 0.1) is 13.8 Å². The first kappa shape index (κ1) is 16.8. The van der Waals surface area contributed by atoms with Gasteiger partial charge in [-0.25, -0.2) is 4.98 Å². The van der Waals surface area contributed by atoms with Gasteiger partial charge in [-0.1, -0.05) is 42.0 Å². The van der Waals surface area contributed by atoms with Crippen LogP contribution in [0.2, 0.25) is 0 Å². The summed E-state index contributed by atoms with van der Waals surface area (Å²) in [4.78, 5) is 17.9. The van der Waals surface area contributed by atoms with Gasteiger partial charge in [-0.05, 0) is 44.0 Å². The van der Waals surface area contributed by atoms with E-state index in [2.05, 4.69) is 48.0 Å². The number of nitrogens with zero attached hydrogens (tertiary/aromatic N) is 2. The van der Waals surface area contributed by atoms with Crippen LogP contribution in [0.3, 0.4) is 0 Å². The summed E-state index contributed by atoms with van der Waals surface area (Å²) in [6.45, 7) is 6.97. The number of carbonyl (C=O) groups excluding carboxylic acids is 1. The van der Waals surface area contributed by atoms with Gasteiger partial charge in [0, 0.05) is 23.9 Å². The molecule has 4 rings (SSSR count). The van der Waals surface area contributed by atoms with Crippen molar-refractivity contribution in [3.63, 3.8) is 0 Å². The minimum atomic E-state index is -0.0178. The minimum Gasteiger partial charge on any atom is -0.352 e. The van der Waals surface area contributed by atoms with E-state index >= 15 is 0 Å². The molecular weight excluding hydrogens is 342 g/mol. The van der Waals surface area contributed by atoms with Crippen LogP contribution in [0.15, 0.2) is 42.6 Å². The molecule has 0 saturated heterocycles. The number of nitrogens with one attached hydrogen (secondary N) is 1. The zero-order valence-electron chi connectivity index (χ0n) is 15.2. The van der Waals surface area contributed by atoms with E-state index in [1.54, 1.807) is 11.3 Å².